The molecule has 3 rings (SSSR count). The van der Waals surface area contributed by atoms with Gasteiger partial charge in [-0.2, -0.15) is 0 Å². The molecule has 2 aromatic carbocycles. The Kier molecular flexibility index (Phi) is 6.01. The van der Waals surface area contributed by atoms with Crippen LogP contribution in [0.15, 0.2) is 42.5 Å². The van der Waals surface area contributed by atoms with Crippen LogP contribution in [0.3, 0.4) is 0 Å². The van der Waals surface area contributed by atoms with Crippen LogP contribution in [-0.2, 0) is 9.59 Å². The average molecular weight is 387 g/mol. The van der Waals surface area contributed by atoms with E-state index in [9.17, 15) is 9.59 Å². The second kappa shape index (κ2) is 8.44. The fourth-order valence-corrected chi connectivity index (χ4v) is 3.23. The lowest BCUT2D eigenvalue weighted by atomic mass is 10.1. The number of benzene rings is 2. The van der Waals surface area contributed by atoms with Crippen molar-refractivity contribution in [3.05, 3.63) is 53.1 Å². The Morgan fingerprint density at radius 1 is 1.26 bits per heavy atom. The quantitative estimate of drug-likeness (QED) is 0.799. The standard InChI is InChI=1S/C21H23ClN2O3/c1-3-11-27-17-9-7-16(8-10-17)24-13-15(12-20(24)25)21(26)23-19-6-4-5-18(22)14(19)2/h4-10,15H,3,11-13H2,1-2H3,(H,23,26)/t15-/m0/s1. The highest BCUT2D eigenvalue weighted by atomic mass is 35.5. The van der Waals surface area contributed by atoms with Gasteiger partial charge >= 0.3 is 0 Å². The normalized spacial score (nSPS) is 16.5. The van der Waals surface area contributed by atoms with Crippen LogP contribution < -0.4 is 15.0 Å². The molecule has 0 radical (unpaired) electrons. The van der Waals surface area contributed by atoms with Crippen molar-refractivity contribution in [1.29, 1.82) is 0 Å². The lowest BCUT2D eigenvalue weighted by molar-refractivity contribution is -0.122. The van der Waals surface area contributed by atoms with E-state index in [0.29, 0.717) is 23.9 Å². The zero-order chi connectivity index (χ0) is 19.4. The Hall–Kier alpha value is -2.53. The monoisotopic (exact) mass is 386 g/mol. The van der Waals surface area contributed by atoms with E-state index in [0.717, 1.165) is 23.4 Å². The molecule has 1 heterocycles. The fourth-order valence-electron chi connectivity index (χ4n) is 3.05. The van der Waals surface area contributed by atoms with Gasteiger partial charge in [0.25, 0.3) is 0 Å². The van der Waals surface area contributed by atoms with Gasteiger partial charge in [0, 0.05) is 29.4 Å². The first-order valence-corrected chi connectivity index (χ1v) is 9.46. The minimum Gasteiger partial charge on any atom is -0.494 e. The van der Waals surface area contributed by atoms with Crippen molar-refractivity contribution in [2.75, 3.05) is 23.4 Å². The molecule has 0 bridgehead atoms. The van der Waals surface area contributed by atoms with Gasteiger partial charge < -0.3 is 15.0 Å². The molecule has 0 unspecified atom stereocenters. The zero-order valence-corrected chi connectivity index (χ0v) is 16.3. The van der Waals surface area contributed by atoms with E-state index in [1.165, 1.54) is 0 Å². The van der Waals surface area contributed by atoms with Gasteiger partial charge in [0.15, 0.2) is 0 Å². The van der Waals surface area contributed by atoms with Gasteiger partial charge in [0.1, 0.15) is 5.75 Å². The summed E-state index contributed by atoms with van der Waals surface area (Å²) >= 11 is 6.10. The van der Waals surface area contributed by atoms with Crippen LogP contribution in [0.4, 0.5) is 11.4 Å². The van der Waals surface area contributed by atoms with E-state index in [2.05, 4.69) is 5.32 Å². The SMILES string of the molecule is CCCOc1ccc(N2C[C@@H](C(=O)Nc3cccc(Cl)c3C)CC2=O)cc1. The van der Waals surface area contributed by atoms with Crippen molar-refractivity contribution in [2.45, 2.75) is 26.7 Å². The van der Waals surface area contributed by atoms with Crippen molar-refractivity contribution in [3.8, 4) is 5.75 Å². The maximum absolute atomic E-state index is 12.6. The molecule has 1 aliphatic heterocycles. The third-order valence-corrected chi connectivity index (χ3v) is 5.05. The van der Waals surface area contributed by atoms with Gasteiger partial charge in [-0.05, 0) is 55.3 Å². The minimum atomic E-state index is -0.396. The molecule has 6 heteroatoms. The highest BCUT2D eigenvalue weighted by Gasteiger charge is 2.35. The molecule has 0 aliphatic carbocycles. The zero-order valence-electron chi connectivity index (χ0n) is 15.5. The van der Waals surface area contributed by atoms with Gasteiger partial charge in [0.2, 0.25) is 11.8 Å². The fraction of sp³-hybridized carbons (Fsp3) is 0.333. The van der Waals surface area contributed by atoms with Crippen LogP contribution in [0.2, 0.25) is 5.02 Å². The minimum absolute atomic E-state index is 0.0554. The van der Waals surface area contributed by atoms with E-state index in [1.807, 2.05) is 44.2 Å². The summed E-state index contributed by atoms with van der Waals surface area (Å²) in [7, 11) is 0. The molecule has 2 aromatic rings. The number of nitrogens with one attached hydrogen (secondary N) is 1. The van der Waals surface area contributed by atoms with Gasteiger partial charge in [-0.15, -0.1) is 0 Å². The van der Waals surface area contributed by atoms with Crippen LogP contribution in [0.1, 0.15) is 25.3 Å². The van der Waals surface area contributed by atoms with Crippen molar-refractivity contribution in [2.24, 2.45) is 5.92 Å². The number of nitrogens with zero attached hydrogens (tertiary/aromatic N) is 1. The second-order valence-electron chi connectivity index (χ2n) is 6.65. The molecular weight excluding hydrogens is 364 g/mol. The Bertz CT molecular complexity index is 836. The lowest BCUT2D eigenvalue weighted by Crippen LogP contribution is -2.28. The molecular formula is C21H23ClN2O3. The van der Waals surface area contributed by atoms with E-state index >= 15 is 0 Å². The van der Waals surface area contributed by atoms with Crippen LogP contribution in [0.5, 0.6) is 5.75 Å². The molecule has 142 valence electrons. The maximum Gasteiger partial charge on any atom is 0.229 e. The first kappa shape index (κ1) is 19.2. The summed E-state index contributed by atoms with van der Waals surface area (Å²) in [5.41, 5.74) is 2.27. The number of ether oxygens (including phenoxy) is 1. The Morgan fingerprint density at radius 3 is 2.70 bits per heavy atom. The highest BCUT2D eigenvalue weighted by molar-refractivity contribution is 6.31. The van der Waals surface area contributed by atoms with Crippen molar-refractivity contribution in [1.82, 2.24) is 0 Å². The molecule has 1 fully saturated rings. The number of hydrogen-bond acceptors (Lipinski definition) is 3. The number of halogens is 1. The third kappa shape index (κ3) is 4.42. The first-order valence-electron chi connectivity index (χ1n) is 9.08. The van der Waals surface area contributed by atoms with Crippen molar-refractivity contribution in [3.63, 3.8) is 0 Å². The summed E-state index contributed by atoms with van der Waals surface area (Å²) in [4.78, 5) is 26.7. The first-order chi connectivity index (χ1) is 13.0. The summed E-state index contributed by atoms with van der Waals surface area (Å²) < 4.78 is 5.57. The van der Waals surface area contributed by atoms with Crippen LogP contribution in [0.25, 0.3) is 0 Å². The van der Waals surface area contributed by atoms with E-state index in [-0.39, 0.29) is 18.2 Å². The number of carbonyl (C=O) groups excluding carboxylic acids is 2. The third-order valence-electron chi connectivity index (χ3n) is 4.64. The van der Waals surface area contributed by atoms with E-state index in [1.54, 1.807) is 17.0 Å². The van der Waals surface area contributed by atoms with Crippen molar-refractivity contribution >= 4 is 34.8 Å². The number of amides is 2. The van der Waals surface area contributed by atoms with Gasteiger partial charge in [0.05, 0.1) is 12.5 Å². The summed E-state index contributed by atoms with van der Waals surface area (Å²) in [6, 6.07) is 12.8. The predicted octanol–water partition coefficient (Wildman–Crippen LogP) is 4.43. The largest absolute Gasteiger partial charge is 0.494 e. The molecule has 2 amide bonds. The topological polar surface area (TPSA) is 58.6 Å². The second-order valence-corrected chi connectivity index (χ2v) is 7.06. The van der Waals surface area contributed by atoms with Gasteiger partial charge in [-0.3, -0.25) is 9.59 Å². The molecule has 5 nitrogen and oxygen atoms in total. The smallest absolute Gasteiger partial charge is 0.229 e. The Morgan fingerprint density at radius 2 is 2.00 bits per heavy atom. The molecule has 0 saturated carbocycles. The highest BCUT2D eigenvalue weighted by Crippen LogP contribution is 2.29. The van der Waals surface area contributed by atoms with Crippen LogP contribution >= 0.6 is 11.6 Å². The number of hydrogen-bond donors (Lipinski definition) is 1. The van der Waals surface area contributed by atoms with E-state index < -0.39 is 5.92 Å². The maximum atomic E-state index is 12.6. The lowest BCUT2D eigenvalue weighted by Gasteiger charge is -2.17. The van der Waals surface area contributed by atoms with Gasteiger partial charge in [-0.25, -0.2) is 0 Å². The van der Waals surface area contributed by atoms with Crippen molar-refractivity contribution < 1.29 is 14.3 Å². The number of carbonyl (C=O) groups is 2. The Labute approximate surface area is 164 Å². The molecule has 1 saturated heterocycles. The number of rotatable bonds is 6. The average Bonchev–Trinajstić information content (AvgIpc) is 3.06. The molecule has 1 aliphatic rings. The number of anilines is 2. The summed E-state index contributed by atoms with van der Waals surface area (Å²) in [6.07, 6.45) is 1.13. The van der Waals surface area contributed by atoms with Crippen LogP contribution in [0, 0.1) is 12.8 Å². The summed E-state index contributed by atoms with van der Waals surface area (Å²) in [5.74, 6) is 0.157. The molecule has 1 atom stereocenters. The predicted molar refractivity (Wildman–Crippen MR) is 108 cm³/mol. The summed E-state index contributed by atoms with van der Waals surface area (Å²) in [6.45, 7) is 4.92. The molecule has 1 N–H and O–H groups in total. The van der Waals surface area contributed by atoms with Gasteiger partial charge in [-0.1, -0.05) is 24.6 Å². The molecule has 0 spiro atoms. The summed E-state index contributed by atoms with van der Waals surface area (Å²) in [5, 5.41) is 3.49. The Balaban J connectivity index is 1.66. The molecule has 0 aromatic heterocycles. The van der Waals surface area contributed by atoms with E-state index in [4.69, 9.17) is 16.3 Å². The molecule has 27 heavy (non-hydrogen) atoms. The van der Waals surface area contributed by atoms with Crippen LogP contribution in [-0.4, -0.2) is 25.0 Å².